The maximum Gasteiger partial charge on any atom is 0.0441 e. The normalized spacial score (nSPS) is 13.0. The Bertz CT molecular complexity index is 269. The lowest BCUT2D eigenvalue weighted by Crippen LogP contribution is -2.08. The van der Waals surface area contributed by atoms with E-state index >= 15 is 0 Å². The predicted molar refractivity (Wildman–Crippen MR) is 53.4 cm³/mol. The van der Waals surface area contributed by atoms with Crippen LogP contribution in [0.15, 0.2) is 18.2 Å². The van der Waals surface area contributed by atoms with Crippen LogP contribution in [0.4, 0.5) is 0 Å². The minimum atomic E-state index is 0.0682. The molecule has 0 radical (unpaired) electrons. The highest BCUT2D eigenvalue weighted by Crippen LogP contribution is 2.24. The molecule has 0 heterocycles. The summed E-state index contributed by atoms with van der Waals surface area (Å²) in [5.41, 5.74) is 8.13. The van der Waals surface area contributed by atoms with Crippen LogP contribution in [0.3, 0.4) is 0 Å². The molecule has 0 fully saturated rings. The summed E-state index contributed by atoms with van der Waals surface area (Å²) in [5, 5.41) is 0.826. The molecule has 0 spiro atoms. The summed E-state index contributed by atoms with van der Waals surface area (Å²) in [5.74, 6) is 0. The van der Waals surface area contributed by atoms with Crippen molar-refractivity contribution in [1.82, 2.24) is 0 Å². The van der Waals surface area contributed by atoms with Crippen molar-refractivity contribution >= 4 is 11.6 Å². The van der Waals surface area contributed by atoms with Gasteiger partial charge in [-0.1, -0.05) is 30.7 Å². The van der Waals surface area contributed by atoms with E-state index in [4.69, 9.17) is 17.3 Å². The van der Waals surface area contributed by atoms with Crippen molar-refractivity contribution in [2.24, 2.45) is 5.73 Å². The molecule has 0 bridgehead atoms. The third kappa shape index (κ3) is 1.79. The standard InChI is InChI=1S/C10H14ClN/c1-3-8-9(7(2)12)5-4-6-10(8)11/h4-7H,3,12H2,1-2H3/t7-/m1/s1. The molecule has 1 atom stereocenters. The van der Waals surface area contributed by atoms with Gasteiger partial charge in [-0.2, -0.15) is 0 Å². The van der Waals surface area contributed by atoms with Crippen LogP contribution < -0.4 is 5.73 Å². The molecule has 1 aromatic carbocycles. The predicted octanol–water partition coefficient (Wildman–Crippen LogP) is 2.92. The van der Waals surface area contributed by atoms with Crippen molar-refractivity contribution in [3.8, 4) is 0 Å². The first-order chi connectivity index (χ1) is 5.66. The van der Waals surface area contributed by atoms with Crippen LogP contribution in [0, 0.1) is 0 Å². The smallest absolute Gasteiger partial charge is 0.0441 e. The molecule has 0 aliphatic heterocycles. The van der Waals surface area contributed by atoms with Crippen LogP contribution in [0.2, 0.25) is 5.02 Å². The molecule has 1 aromatic rings. The van der Waals surface area contributed by atoms with Gasteiger partial charge in [0, 0.05) is 11.1 Å². The van der Waals surface area contributed by atoms with Crippen LogP contribution in [0.1, 0.15) is 31.0 Å². The Labute approximate surface area is 78.5 Å². The largest absolute Gasteiger partial charge is 0.324 e. The molecule has 0 unspecified atom stereocenters. The Morgan fingerprint density at radius 2 is 2.17 bits per heavy atom. The fourth-order valence-electron chi connectivity index (χ4n) is 1.37. The zero-order chi connectivity index (χ0) is 9.14. The summed E-state index contributed by atoms with van der Waals surface area (Å²) in [6.07, 6.45) is 0.941. The minimum Gasteiger partial charge on any atom is -0.324 e. The molecule has 0 aliphatic carbocycles. The van der Waals surface area contributed by atoms with Gasteiger partial charge in [-0.25, -0.2) is 0 Å². The summed E-state index contributed by atoms with van der Waals surface area (Å²) < 4.78 is 0. The molecular weight excluding hydrogens is 170 g/mol. The van der Waals surface area contributed by atoms with E-state index in [1.165, 1.54) is 5.56 Å². The van der Waals surface area contributed by atoms with Gasteiger partial charge in [-0.3, -0.25) is 0 Å². The lowest BCUT2D eigenvalue weighted by atomic mass is 10.0. The van der Waals surface area contributed by atoms with Crippen molar-refractivity contribution in [1.29, 1.82) is 0 Å². The van der Waals surface area contributed by atoms with E-state index in [1.54, 1.807) is 0 Å². The van der Waals surface area contributed by atoms with Crippen molar-refractivity contribution in [3.05, 3.63) is 34.3 Å². The molecule has 0 saturated carbocycles. The second kappa shape index (κ2) is 3.92. The highest BCUT2D eigenvalue weighted by atomic mass is 35.5. The van der Waals surface area contributed by atoms with Gasteiger partial charge in [-0.05, 0) is 30.5 Å². The molecule has 0 aromatic heterocycles. The quantitative estimate of drug-likeness (QED) is 0.750. The molecule has 0 amide bonds. The fourth-order valence-corrected chi connectivity index (χ4v) is 1.69. The summed E-state index contributed by atoms with van der Waals surface area (Å²) >= 11 is 6.02. The Hall–Kier alpha value is -0.530. The van der Waals surface area contributed by atoms with Crippen molar-refractivity contribution in [2.75, 3.05) is 0 Å². The van der Waals surface area contributed by atoms with Gasteiger partial charge in [0.05, 0.1) is 0 Å². The first-order valence-corrected chi connectivity index (χ1v) is 4.57. The Morgan fingerprint density at radius 1 is 1.50 bits per heavy atom. The molecule has 0 saturated heterocycles. The lowest BCUT2D eigenvalue weighted by molar-refractivity contribution is 0.801. The molecule has 2 heteroatoms. The van der Waals surface area contributed by atoms with Gasteiger partial charge in [0.1, 0.15) is 0 Å². The number of benzene rings is 1. The van der Waals surface area contributed by atoms with Gasteiger partial charge in [0.2, 0.25) is 0 Å². The Kier molecular flexibility index (Phi) is 3.12. The number of rotatable bonds is 2. The topological polar surface area (TPSA) is 26.0 Å². The molecule has 1 nitrogen and oxygen atoms in total. The average Bonchev–Trinajstić information content (AvgIpc) is 2.03. The maximum absolute atomic E-state index is 6.02. The highest BCUT2D eigenvalue weighted by Gasteiger charge is 2.07. The van der Waals surface area contributed by atoms with E-state index in [2.05, 4.69) is 6.92 Å². The maximum atomic E-state index is 6.02. The van der Waals surface area contributed by atoms with Crippen LogP contribution in [-0.4, -0.2) is 0 Å². The van der Waals surface area contributed by atoms with Gasteiger partial charge in [0.25, 0.3) is 0 Å². The first kappa shape index (κ1) is 9.56. The van der Waals surface area contributed by atoms with Crippen molar-refractivity contribution in [3.63, 3.8) is 0 Å². The number of nitrogens with two attached hydrogens (primary N) is 1. The summed E-state index contributed by atoms with van der Waals surface area (Å²) in [6, 6.07) is 5.96. The number of hydrogen-bond acceptors (Lipinski definition) is 1. The van der Waals surface area contributed by atoms with E-state index in [1.807, 2.05) is 25.1 Å². The molecule has 1 rings (SSSR count). The average molecular weight is 184 g/mol. The third-order valence-electron chi connectivity index (χ3n) is 2.00. The Balaban J connectivity index is 3.18. The fraction of sp³-hybridized carbons (Fsp3) is 0.400. The van der Waals surface area contributed by atoms with E-state index in [0.29, 0.717) is 0 Å². The molecule has 2 N–H and O–H groups in total. The van der Waals surface area contributed by atoms with Crippen molar-refractivity contribution in [2.45, 2.75) is 26.3 Å². The van der Waals surface area contributed by atoms with Crippen LogP contribution in [-0.2, 0) is 6.42 Å². The summed E-state index contributed by atoms with van der Waals surface area (Å²) in [7, 11) is 0. The molecular formula is C10H14ClN. The minimum absolute atomic E-state index is 0.0682. The van der Waals surface area contributed by atoms with Crippen LogP contribution in [0.5, 0.6) is 0 Å². The lowest BCUT2D eigenvalue weighted by Gasteiger charge is -2.12. The third-order valence-corrected chi connectivity index (χ3v) is 2.35. The van der Waals surface area contributed by atoms with Crippen molar-refractivity contribution < 1.29 is 0 Å². The Morgan fingerprint density at radius 3 is 2.58 bits per heavy atom. The van der Waals surface area contributed by atoms with E-state index in [-0.39, 0.29) is 6.04 Å². The second-order valence-corrected chi connectivity index (χ2v) is 3.36. The molecule has 0 aliphatic rings. The van der Waals surface area contributed by atoms with Gasteiger partial charge >= 0.3 is 0 Å². The SMILES string of the molecule is CCc1c(Cl)cccc1[C@@H](C)N. The monoisotopic (exact) mass is 183 g/mol. The van der Waals surface area contributed by atoms with Gasteiger partial charge < -0.3 is 5.73 Å². The molecule has 66 valence electrons. The second-order valence-electron chi connectivity index (χ2n) is 2.95. The molecule has 12 heavy (non-hydrogen) atoms. The van der Waals surface area contributed by atoms with Crippen LogP contribution >= 0.6 is 11.6 Å². The van der Waals surface area contributed by atoms with E-state index < -0.39 is 0 Å². The number of halogens is 1. The van der Waals surface area contributed by atoms with Crippen LogP contribution in [0.25, 0.3) is 0 Å². The zero-order valence-electron chi connectivity index (χ0n) is 7.47. The van der Waals surface area contributed by atoms with Gasteiger partial charge in [0.15, 0.2) is 0 Å². The first-order valence-electron chi connectivity index (χ1n) is 4.19. The highest BCUT2D eigenvalue weighted by molar-refractivity contribution is 6.31. The van der Waals surface area contributed by atoms with Gasteiger partial charge in [-0.15, -0.1) is 0 Å². The zero-order valence-corrected chi connectivity index (χ0v) is 8.23. The number of hydrogen-bond donors (Lipinski definition) is 1. The van der Waals surface area contributed by atoms with E-state index in [0.717, 1.165) is 17.0 Å². The van der Waals surface area contributed by atoms with E-state index in [9.17, 15) is 0 Å². The summed E-state index contributed by atoms with van der Waals surface area (Å²) in [6.45, 7) is 4.07. The summed E-state index contributed by atoms with van der Waals surface area (Å²) in [4.78, 5) is 0.